The third-order valence-corrected chi connectivity index (χ3v) is 4.52. The molecule has 0 radical (unpaired) electrons. The SMILES string of the molecule is COC(OC)C(C)NS(=O)(=O)c1cc(C#N)ccc1C. The van der Waals surface area contributed by atoms with Crippen LogP contribution in [-0.4, -0.2) is 35.0 Å². The number of nitriles is 1. The Morgan fingerprint density at radius 1 is 1.30 bits per heavy atom. The highest BCUT2D eigenvalue weighted by molar-refractivity contribution is 7.89. The first-order valence-electron chi connectivity index (χ1n) is 5.94. The van der Waals surface area contributed by atoms with Gasteiger partial charge in [0.15, 0.2) is 6.29 Å². The molecule has 6 nitrogen and oxygen atoms in total. The van der Waals surface area contributed by atoms with E-state index in [1.54, 1.807) is 26.0 Å². The topological polar surface area (TPSA) is 88.4 Å². The highest BCUT2D eigenvalue weighted by Crippen LogP contribution is 2.17. The second-order valence-electron chi connectivity index (χ2n) is 4.34. The van der Waals surface area contributed by atoms with Crippen LogP contribution in [0.4, 0.5) is 0 Å². The predicted molar refractivity (Wildman–Crippen MR) is 73.5 cm³/mol. The van der Waals surface area contributed by atoms with E-state index in [4.69, 9.17) is 14.7 Å². The minimum atomic E-state index is -3.75. The summed E-state index contributed by atoms with van der Waals surface area (Å²) in [5.74, 6) is 0. The van der Waals surface area contributed by atoms with Crippen LogP contribution in [0.3, 0.4) is 0 Å². The molecule has 1 rings (SSSR count). The number of nitrogens with one attached hydrogen (secondary N) is 1. The van der Waals surface area contributed by atoms with E-state index in [-0.39, 0.29) is 4.90 Å². The Kier molecular flexibility index (Phi) is 5.65. The van der Waals surface area contributed by atoms with Crippen molar-refractivity contribution in [2.75, 3.05) is 14.2 Å². The molecule has 0 bridgehead atoms. The lowest BCUT2D eigenvalue weighted by molar-refractivity contribution is -0.115. The maximum Gasteiger partial charge on any atom is 0.241 e. The number of rotatable bonds is 6. The van der Waals surface area contributed by atoms with Crippen molar-refractivity contribution in [3.05, 3.63) is 29.3 Å². The molecule has 0 amide bonds. The largest absolute Gasteiger partial charge is 0.354 e. The molecule has 1 atom stereocenters. The number of methoxy groups -OCH3 is 2. The van der Waals surface area contributed by atoms with Crippen LogP contribution in [0.1, 0.15) is 18.1 Å². The quantitative estimate of drug-likeness (QED) is 0.796. The van der Waals surface area contributed by atoms with Crippen LogP contribution in [0.2, 0.25) is 0 Å². The molecule has 0 saturated heterocycles. The van der Waals surface area contributed by atoms with E-state index in [2.05, 4.69) is 4.72 Å². The van der Waals surface area contributed by atoms with Crippen LogP contribution in [0, 0.1) is 18.3 Å². The first kappa shape index (κ1) is 16.6. The maximum absolute atomic E-state index is 12.3. The Labute approximate surface area is 119 Å². The summed E-state index contributed by atoms with van der Waals surface area (Å²) in [6.45, 7) is 3.31. The lowest BCUT2D eigenvalue weighted by Crippen LogP contribution is -2.43. The fraction of sp³-hybridized carbons (Fsp3) is 0.462. The van der Waals surface area contributed by atoms with Crippen LogP contribution < -0.4 is 4.72 Å². The van der Waals surface area contributed by atoms with Gasteiger partial charge < -0.3 is 9.47 Å². The Hall–Kier alpha value is -1.46. The smallest absolute Gasteiger partial charge is 0.241 e. The molecule has 0 aliphatic heterocycles. The molecular formula is C13H18N2O4S. The zero-order valence-electron chi connectivity index (χ0n) is 11.9. The van der Waals surface area contributed by atoms with E-state index in [1.165, 1.54) is 20.3 Å². The van der Waals surface area contributed by atoms with Crippen molar-refractivity contribution < 1.29 is 17.9 Å². The van der Waals surface area contributed by atoms with Crippen molar-refractivity contribution in [3.8, 4) is 6.07 Å². The lowest BCUT2D eigenvalue weighted by Gasteiger charge is -2.22. The van der Waals surface area contributed by atoms with E-state index in [0.717, 1.165) is 0 Å². The van der Waals surface area contributed by atoms with Gasteiger partial charge in [-0.05, 0) is 31.5 Å². The number of nitrogens with zero attached hydrogens (tertiary/aromatic N) is 1. The van der Waals surface area contributed by atoms with E-state index >= 15 is 0 Å². The number of sulfonamides is 1. The van der Waals surface area contributed by atoms with Crippen molar-refractivity contribution in [3.63, 3.8) is 0 Å². The van der Waals surface area contributed by atoms with Crippen molar-refractivity contribution >= 4 is 10.0 Å². The zero-order valence-corrected chi connectivity index (χ0v) is 12.7. The van der Waals surface area contributed by atoms with Crippen molar-refractivity contribution in [2.45, 2.75) is 31.1 Å². The van der Waals surface area contributed by atoms with Gasteiger partial charge in [-0.2, -0.15) is 5.26 Å². The van der Waals surface area contributed by atoms with Gasteiger partial charge in [0.2, 0.25) is 10.0 Å². The Morgan fingerprint density at radius 3 is 2.40 bits per heavy atom. The van der Waals surface area contributed by atoms with Crippen LogP contribution in [-0.2, 0) is 19.5 Å². The van der Waals surface area contributed by atoms with Gasteiger partial charge in [-0.25, -0.2) is 13.1 Å². The second-order valence-corrected chi connectivity index (χ2v) is 6.02. The second kappa shape index (κ2) is 6.81. The zero-order chi connectivity index (χ0) is 15.3. The van der Waals surface area contributed by atoms with Gasteiger partial charge in [-0.1, -0.05) is 6.07 Å². The Morgan fingerprint density at radius 2 is 1.90 bits per heavy atom. The molecule has 20 heavy (non-hydrogen) atoms. The Balaban J connectivity index is 3.09. The summed E-state index contributed by atoms with van der Waals surface area (Å²) >= 11 is 0. The summed E-state index contributed by atoms with van der Waals surface area (Å²) in [6, 6.07) is 5.87. The summed E-state index contributed by atoms with van der Waals surface area (Å²) in [7, 11) is -0.887. The first-order valence-corrected chi connectivity index (χ1v) is 7.42. The van der Waals surface area contributed by atoms with Crippen LogP contribution in [0.15, 0.2) is 23.1 Å². The first-order chi connectivity index (χ1) is 9.35. The van der Waals surface area contributed by atoms with Gasteiger partial charge >= 0.3 is 0 Å². The number of benzene rings is 1. The maximum atomic E-state index is 12.3. The molecule has 1 unspecified atom stereocenters. The average molecular weight is 298 g/mol. The summed E-state index contributed by atoms with van der Waals surface area (Å²) in [5.41, 5.74) is 0.855. The van der Waals surface area contributed by atoms with Gasteiger partial charge in [-0.3, -0.25) is 0 Å². The number of hydrogen-bond donors (Lipinski definition) is 1. The van der Waals surface area contributed by atoms with Crippen molar-refractivity contribution in [1.29, 1.82) is 5.26 Å². The summed E-state index contributed by atoms with van der Waals surface area (Å²) < 4.78 is 37.2. The molecule has 110 valence electrons. The molecule has 0 aliphatic rings. The van der Waals surface area contributed by atoms with Crippen LogP contribution in [0.5, 0.6) is 0 Å². The van der Waals surface area contributed by atoms with E-state index in [0.29, 0.717) is 11.1 Å². The number of hydrogen-bond acceptors (Lipinski definition) is 5. The predicted octanol–water partition coefficient (Wildman–Crippen LogP) is 1.15. The highest BCUT2D eigenvalue weighted by atomic mass is 32.2. The van der Waals surface area contributed by atoms with Crippen LogP contribution >= 0.6 is 0 Å². The summed E-state index contributed by atoms with van der Waals surface area (Å²) in [4.78, 5) is 0.0781. The normalized spacial score (nSPS) is 13.2. The van der Waals surface area contributed by atoms with Gasteiger partial charge in [-0.15, -0.1) is 0 Å². The molecule has 0 aromatic heterocycles. The third-order valence-electron chi connectivity index (χ3n) is 2.82. The van der Waals surface area contributed by atoms with Gasteiger partial charge in [0.25, 0.3) is 0 Å². The fourth-order valence-electron chi connectivity index (χ4n) is 1.83. The van der Waals surface area contributed by atoms with Crippen LogP contribution in [0.25, 0.3) is 0 Å². The molecule has 1 aromatic carbocycles. The minimum absolute atomic E-state index is 0.0781. The van der Waals surface area contributed by atoms with Gasteiger partial charge in [0.1, 0.15) is 0 Å². The van der Waals surface area contributed by atoms with E-state index < -0.39 is 22.4 Å². The molecule has 0 spiro atoms. The molecule has 0 saturated carbocycles. The fourth-order valence-corrected chi connectivity index (χ4v) is 3.33. The summed E-state index contributed by atoms with van der Waals surface area (Å²) in [6.07, 6.45) is -0.691. The molecular weight excluding hydrogens is 280 g/mol. The molecule has 1 aromatic rings. The van der Waals surface area contributed by atoms with Gasteiger partial charge in [0, 0.05) is 14.2 Å². The third kappa shape index (κ3) is 3.77. The average Bonchev–Trinajstić information content (AvgIpc) is 2.39. The molecule has 1 N–H and O–H groups in total. The number of aryl methyl sites for hydroxylation is 1. The highest BCUT2D eigenvalue weighted by Gasteiger charge is 2.25. The monoisotopic (exact) mass is 298 g/mol. The lowest BCUT2D eigenvalue weighted by atomic mass is 10.2. The molecule has 0 aliphatic carbocycles. The number of ether oxygens (including phenoxy) is 2. The molecule has 0 heterocycles. The Bertz CT molecular complexity index is 603. The molecule has 7 heteroatoms. The van der Waals surface area contributed by atoms with Crippen molar-refractivity contribution in [2.24, 2.45) is 0 Å². The van der Waals surface area contributed by atoms with E-state index in [1.807, 2.05) is 6.07 Å². The van der Waals surface area contributed by atoms with E-state index in [9.17, 15) is 8.42 Å². The van der Waals surface area contributed by atoms with Crippen molar-refractivity contribution in [1.82, 2.24) is 4.72 Å². The summed E-state index contributed by atoms with van der Waals surface area (Å²) in [5, 5.41) is 8.86. The molecule has 0 fully saturated rings. The van der Waals surface area contributed by atoms with Gasteiger partial charge in [0.05, 0.1) is 22.6 Å². The standard InChI is InChI=1S/C13H18N2O4S/c1-9-5-6-11(8-14)7-12(9)20(16,17)15-10(2)13(18-3)19-4/h5-7,10,13,15H,1-4H3. The minimum Gasteiger partial charge on any atom is -0.354 e.